The molecule has 0 aromatic rings. The molecule has 0 rings (SSSR count). The van der Waals surface area contributed by atoms with Crippen LogP contribution in [0, 0.1) is 5.92 Å². The lowest BCUT2D eigenvalue weighted by Gasteiger charge is -2.16. The number of rotatable bonds is 5. The van der Waals surface area contributed by atoms with Crippen molar-refractivity contribution < 1.29 is 17.1 Å². The molecule has 84 valence electrons. The predicted octanol–water partition coefficient (Wildman–Crippen LogP) is 1.39. The number of ketones is 1. The van der Waals surface area contributed by atoms with Crippen molar-refractivity contribution >= 4 is 24.2 Å². The monoisotopic (exact) mass is 238 g/mol. The fourth-order valence-electron chi connectivity index (χ4n) is 0.751. The Morgan fingerprint density at radius 2 is 1.71 bits per heavy atom. The average molecular weight is 238 g/mol. The fraction of sp³-hybridized carbons (Fsp3) is 0.875. The number of carbonyl (C=O) groups is 1. The van der Waals surface area contributed by atoms with Crippen molar-refractivity contribution in [2.75, 3.05) is 5.75 Å². The summed E-state index contributed by atoms with van der Waals surface area (Å²) in [5.74, 6) is -1.08. The predicted molar refractivity (Wildman–Crippen MR) is 58.1 cm³/mol. The van der Waals surface area contributed by atoms with Crippen molar-refractivity contribution in [2.24, 2.45) is 5.92 Å². The van der Waals surface area contributed by atoms with Crippen molar-refractivity contribution in [2.45, 2.75) is 33.5 Å². The van der Waals surface area contributed by atoms with E-state index in [0.717, 1.165) is 0 Å². The Morgan fingerprint density at radius 1 is 1.29 bits per heavy atom. The lowest BCUT2D eigenvalue weighted by Crippen LogP contribution is -2.33. The molecule has 0 atom stereocenters. The zero-order valence-corrected chi connectivity index (χ0v) is 11.1. The maximum Gasteiger partial charge on any atom is 0.265 e. The molecule has 0 aliphatic rings. The molecule has 0 bridgehead atoms. The average Bonchev–Trinajstić information content (AvgIpc) is 1.78. The highest BCUT2D eigenvalue weighted by Crippen LogP contribution is 2.10. The molecule has 0 amide bonds. The van der Waals surface area contributed by atoms with Crippen LogP contribution in [0.3, 0.4) is 0 Å². The molecule has 0 aromatic carbocycles. The second kappa shape index (κ2) is 4.54. The number of hydrogen-bond acceptors (Lipinski definition) is 4. The third-order valence-electron chi connectivity index (χ3n) is 1.34. The Bertz CT molecular complexity index is 300. The van der Waals surface area contributed by atoms with Crippen LogP contribution in [0.4, 0.5) is 0 Å². The minimum absolute atomic E-state index is 0.269. The molecule has 6 heteroatoms. The lowest BCUT2D eigenvalue weighted by atomic mass is 10.1. The molecule has 0 fully saturated rings. The Kier molecular flexibility index (Phi) is 4.48. The smallest absolute Gasteiger partial charge is 0.265 e. The van der Waals surface area contributed by atoms with Crippen LogP contribution in [0.5, 0.6) is 0 Å². The van der Waals surface area contributed by atoms with Crippen LogP contribution < -0.4 is 0 Å². The molecule has 0 aliphatic carbocycles. The van der Waals surface area contributed by atoms with Gasteiger partial charge < -0.3 is 3.87 Å². The van der Waals surface area contributed by atoms with Gasteiger partial charge in [0.05, 0.1) is 0 Å². The first kappa shape index (κ1) is 13.8. The van der Waals surface area contributed by atoms with Crippen molar-refractivity contribution in [3.8, 4) is 0 Å². The molecule has 0 heterocycles. The van der Waals surface area contributed by atoms with Crippen molar-refractivity contribution in [1.82, 2.24) is 0 Å². The summed E-state index contributed by atoms with van der Waals surface area (Å²) in [6.45, 7) is 8.65. The van der Waals surface area contributed by atoms with E-state index >= 15 is 0 Å². The largest absolute Gasteiger partial charge is 0.315 e. The molecular weight excluding hydrogens is 220 g/mol. The van der Waals surface area contributed by atoms with Gasteiger partial charge >= 0.3 is 0 Å². The van der Waals surface area contributed by atoms with Gasteiger partial charge in [-0.1, -0.05) is 13.8 Å². The summed E-state index contributed by atoms with van der Waals surface area (Å²) in [6.07, 6.45) is 0. The summed E-state index contributed by atoms with van der Waals surface area (Å²) in [7, 11) is -5.81. The van der Waals surface area contributed by atoms with E-state index in [1.807, 2.05) is 0 Å². The van der Waals surface area contributed by atoms with E-state index in [1.165, 1.54) is 0 Å². The molecular formula is C8H18O4SSi. The zero-order chi connectivity index (χ0) is 11.6. The van der Waals surface area contributed by atoms with Gasteiger partial charge in [-0.25, -0.2) is 0 Å². The first-order chi connectivity index (χ1) is 6.03. The molecule has 0 unspecified atom stereocenters. The summed E-state index contributed by atoms with van der Waals surface area (Å²) in [5.41, 5.74) is 0. The first-order valence-corrected chi connectivity index (χ1v) is 9.48. The van der Waals surface area contributed by atoms with Gasteiger partial charge in [0.15, 0.2) is 5.78 Å². The van der Waals surface area contributed by atoms with Crippen LogP contribution in [0.1, 0.15) is 13.8 Å². The molecule has 0 spiro atoms. The van der Waals surface area contributed by atoms with Gasteiger partial charge in [0, 0.05) is 5.92 Å². The highest BCUT2D eigenvalue weighted by molar-refractivity contribution is 7.88. The second-order valence-electron chi connectivity index (χ2n) is 4.52. The van der Waals surface area contributed by atoms with E-state index < -0.39 is 24.2 Å². The zero-order valence-electron chi connectivity index (χ0n) is 9.33. The molecule has 14 heavy (non-hydrogen) atoms. The van der Waals surface area contributed by atoms with Gasteiger partial charge in [-0.3, -0.25) is 4.79 Å². The van der Waals surface area contributed by atoms with E-state index in [0.29, 0.717) is 0 Å². The molecule has 4 nitrogen and oxygen atoms in total. The van der Waals surface area contributed by atoms with E-state index in [-0.39, 0.29) is 11.7 Å². The molecule has 0 radical (unpaired) electrons. The normalized spacial score (nSPS) is 13.3. The number of hydrogen-bond donors (Lipinski definition) is 0. The summed E-state index contributed by atoms with van der Waals surface area (Å²) >= 11 is 0. The Labute approximate surface area is 86.9 Å². The summed E-state index contributed by atoms with van der Waals surface area (Å²) in [6, 6.07) is 0. The molecule has 0 aliphatic heterocycles. The van der Waals surface area contributed by atoms with Gasteiger partial charge in [0.1, 0.15) is 5.75 Å². The van der Waals surface area contributed by atoms with E-state index in [2.05, 4.69) is 0 Å². The molecule has 0 N–H and O–H groups in total. The summed E-state index contributed by atoms with van der Waals surface area (Å²) in [4.78, 5) is 11.2. The molecule has 0 saturated carbocycles. The van der Waals surface area contributed by atoms with Crippen molar-refractivity contribution in [3.05, 3.63) is 0 Å². The quantitative estimate of drug-likeness (QED) is 0.679. The standard InChI is InChI=1S/C8H18O4SSi/c1-7(2)8(9)6-13(10,11)12-14(3,4)5/h7H,6H2,1-5H3. The molecule has 0 saturated heterocycles. The SMILES string of the molecule is CC(C)C(=O)CS(=O)(=O)O[Si](C)(C)C. The maximum absolute atomic E-state index is 11.4. The van der Waals surface area contributed by atoms with Gasteiger partial charge in [-0.05, 0) is 19.6 Å². The van der Waals surface area contributed by atoms with Crippen LogP contribution in [0.25, 0.3) is 0 Å². The highest BCUT2D eigenvalue weighted by Gasteiger charge is 2.27. The van der Waals surface area contributed by atoms with Gasteiger partial charge in [0.25, 0.3) is 10.1 Å². The maximum atomic E-state index is 11.4. The Hall–Kier alpha value is -0.203. The minimum Gasteiger partial charge on any atom is -0.315 e. The number of Topliss-reactive ketones (excluding diaryl/α,β-unsaturated/α-hetero) is 1. The van der Waals surface area contributed by atoms with E-state index in [9.17, 15) is 13.2 Å². The van der Waals surface area contributed by atoms with Gasteiger partial charge in [0.2, 0.25) is 8.32 Å². The third-order valence-corrected chi connectivity index (χ3v) is 4.99. The Balaban J connectivity index is 4.45. The van der Waals surface area contributed by atoms with Gasteiger partial charge in [-0.2, -0.15) is 8.42 Å². The van der Waals surface area contributed by atoms with Crippen molar-refractivity contribution in [3.63, 3.8) is 0 Å². The Morgan fingerprint density at radius 3 is 2.00 bits per heavy atom. The summed E-state index contributed by atoms with van der Waals surface area (Å²) < 4.78 is 27.6. The van der Waals surface area contributed by atoms with E-state index in [4.69, 9.17) is 3.87 Å². The first-order valence-electron chi connectivity index (χ1n) is 4.49. The van der Waals surface area contributed by atoms with Crippen LogP contribution in [-0.4, -0.2) is 28.3 Å². The third kappa shape index (κ3) is 6.28. The van der Waals surface area contributed by atoms with Crippen LogP contribution in [0.2, 0.25) is 19.6 Å². The summed E-state index contributed by atoms with van der Waals surface area (Å²) in [5, 5.41) is 0. The van der Waals surface area contributed by atoms with Crippen LogP contribution >= 0.6 is 0 Å². The van der Waals surface area contributed by atoms with Crippen LogP contribution in [0.15, 0.2) is 0 Å². The second-order valence-corrected chi connectivity index (χ2v) is 10.8. The fourth-order valence-corrected chi connectivity index (χ4v) is 4.72. The minimum atomic E-state index is -3.67. The van der Waals surface area contributed by atoms with E-state index in [1.54, 1.807) is 33.5 Å². The topological polar surface area (TPSA) is 60.4 Å². The van der Waals surface area contributed by atoms with Crippen LogP contribution in [-0.2, 0) is 18.8 Å². The lowest BCUT2D eigenvalue weighted by molar-refractivity contribution is -0.119. The molecule has 0 aromatic heterocycles. The number of carbonyl (C=O) groups excluding carboxylic acids is 1. The highest BCUT2D eigenvalue weighted by atomic mass is 32.2. The van der Waals surface area contributed by atoms with Crippen molar-refractivity contribution in [1.29, 1.82) is 0 Å². The van der Waals surface area contributed by atoms with Gasteiger partial charge in [-0.15, -0.1) is 0 Å².